The molecule has 0 bridgehead atoms. The fourth-order valence-corrected chi connectivity index (χ4v) is 3.15. The molecule has 1 unspecified atom stereocenters. The summed E-state index contributed by atoms with van der Waals surface area (Å²) in [5.74, 6) is 1.27. The predicted molar refractivity (Wildman–Crippen MR) is 99.0 cm³/mol. The van der Waals surface area contributed by atoms with Crippen LogP contribution >= 0.6 is 0 Å². The average molecular weight is 347 g/mol. The van der Waals surface area contributed by atoms with Crippen molar-refractivity contribution in [3.8, 4) is 11.3 Å². The van der Waals surface area contributed by atoms with Crippen molar-refractivity contribution in [3.05, 3.63) is 78.3 Å². The smallest absolute Gasteiger partial charge is 0.237 e. The van der Waals surface area contributed by atoms with Crippen LogP contribution in [-0.4, -0.2) is 28.4 Å². The van der Waals surface area contributed by atoms with Crippen molar-refractivity contribution >= 4 is 5.91 Å². The first-order valence-corrected chi connectivity index (χ1v) is 8.85. The molecule has 5 nitrogen and oxygen atoms in total. The molecule has 1 atom stereocenters. The van der Waals surface area contributed by atoms with Crippen molar-refractivity contribution in [2.45, 2.75) is 25.6 Å². The van der Waals surface area contributed by atoms with Crippen molar-refractivity contribution in [2.24, 2.45) is 0 Å². The molecule has 0 aliphatic carbocycles. The Morgan fingerprint density at radius 2 is 1.85 bits per heavy atom. The molecular formula is C21H21N3O2. The number of rotatable bonds is 6. The van der Waals surface area contributed by atoms with Crippen LogP contribution in [-0.2, 0) is 17.9 Å². The van der Waals surface area contributed by atoms with Gasteiger partial charge in [0.1, 0.15) is 0 Å². The number of likely N-dealkylation sites (tertiary alicyclic amines) is 1. The standard InChI is InChI=1S/C21H21N3O2/c25-21(18-11-12-24(18)15-16-7-3-1-4-8-16)23-14-20-22-13-19(26-20)17-9-5-2-6-10-17/h1-10,13,18H,11-12,14-15H2,(H,23,25). The number of hydrogen-bond donors (Lipinski definition) is 1. The number of oxazole rings is 1. The van der Waals surface area contributed by atoms with Crippen LogP contribution in [0.4, 0.5) is 0 Å². The molecule has 1 N–H and O–H groups in total. The second-order valence-corrected chi connectivity index (χ2v) is 6.46. The third-order valence-electron chi connectivity index (χ3n) is 4.69. The largest absolute Gasteiger partial charge is 0.439 e. The number of hydrogen-bond acceptors (Lipinski definition) is 4. The SMILES string of the molecule is O=C(NCc1ncc(-c2ccccc2)o1)C1CCN1Cc1ccccc1. The van der Waals surface area contributed by atoms with Crippen LogP contribution in [0.1, 0.15) is 17.9 Å². The Labute approximate surface area is 152 Å². The first-order valence-electron chi connectivity index (χ1n) is 8.85. The molecule has 0 saturated carbocycles. The van der Waals surface area contributed by atoms with Crippen LogP contribution in [0.15, 0.2) is 71.3 Å². The molecule has 1 aliphatic rings. The minimum Gasteiger partial charge on any atom is -0.439 e. The number of carbonyl (C=O) groups excluding carboxylic acids is 1. The lowest BCUT2D eigenvalue weighted by molar-refractivity contribution is -0.131. The summed E-state index contributed by atoms with van der Waals surface area (Å²) < 4.78 is 5.73. The third-order valence-corrected chi connectivity index (χ3v) is 4.69. The molecular weight excluding hydrogens is 326 g/mol. The zero-order valence-corrected chi connectivity index (χ0v) is 14.5. The molecule has 2 heterocycles. The molecule has 0 spiro atoms. The highest BCUT2D eigenvalue weighted by molar-refractivity contribution is 5.82. The van der Waals surface area contributed by atoms with Crippen molar-refractivity contribution in [3.63, 3.8) is 0 Å². The Morgan fingerprint density at radius 1 is 1.12 bits per heavy atom. The fourth-order valence-electron chi connectivity index (χ4n) is 3.15. The molecule has 26 heavy (non-hydrogen) atoms. The van der Waals surface area contributed by atoms with E-state index in [9.17, 15) is 4.79 Å². The van der Waals surface area contributed by atoms with E-state index in [1.54, 1.807) is 6.20 Å². The summed E-state index contributed by atoms with van der Waals surface area (Å²) in [6.07, 6.45) is 2.58. The quantitative estimate of drug-likeness (QED) is 0.744. The summed E-state index contributed by atoms with van der Waals surface area (Å²) in [5, 5.41) is 2.94. The van der Waals surface area contributed by atoms with E-state index in [4.69, 9.17) is 4.42 Å². The van der Waals surface area contributed by atoms with Crippen LogP contribution < -0.4 is 5.32 Å². The molecule has 132 valence electrons. The number of amides is 1. The highest BCUT2D eigenvalue weighted by Crippen LogP contribution is 2.22. The van der Waals surface area contributed by atoms with Gasteiger partial charge in [0.15, 0.2) is 5.76 Å². The van der Waals surface area contributed by atoms with Crippen molar-refractivity contribution in [1.29, 1.82) is 0 Å². The van der Waals surface area contributed by atoms with E-state index in [0.717, 1.165) is 25.1 Å². The number of carbonyl (C=O) groups is 1. The van der Waals surface area contributed by atoms with Gasteiger partial charge in [-0.05, 0) is 12.0 Å². The molecule has 0 radical (unpaired) electrons. The molecule has 3 aromatic rings. The topological polar surface area (TPSA) is 58.4 Å². The lowest BCUT2D eigenvalue weighted by Crippen LogP contribution is -2.55. The van der Waals surface area contributed by atoms with Gasteiger partial charge in [-0.25, -0.2) is 4.98 Å². The normalized spacial score (nSPS) is 16.8. The maximum atomic E-state index is 12.5. The highest BCUT2D eigenvalue weighted by Gasteiger charge is 2.33. The lowest BCUT2D eigenvalue weighted by atomic mass is 10.0. The summed E-state index contributed by atoms with van der Waals surface area (Å²) in [7, 11) is 0. The Morgan fingerprint density at radius 3 is 2.54 bits per heavy atom. The van der Waals surface area contributed by atoms with Crippen molar-refractivity contribution in [1.82, 2.24) is 15.2 Å². The van der Waals surface area contributed by atoms with Crippen molar-refractivity contribution in [2.75, 3.05) is 6.54 Å². The minimum atomic E-state index is -0.0706. The monoisotopic (exact) mass is 347 g/mol. The van der Waals surface area contributed by atoms with Gasteiger partial charge in [0, 0.05) is 18.7 Å². The van der Waals surface area contributed by atoms with Crippen LogP contribution in [0.3, 0.4) is 0 Å². The summed E-state index contributed by atoms with van der Waals surface area (Å²) in [6.45, 7) is 2.06. The minimum absolute atomic E-state index is 0.0339. The van der Waals surface area contributed by atoms with Gasteiger partial charge in [0.25, 0.3) is 0 Å². The maximum absolute atomic E-state index is 12.5. The second-order valence-electron chi connectivity index (χ2n) is 6.46. The summed E-state index contributed by atoms with van der Waals surface area (Å²) in [4.78, 5) is 18.9. The van der Waals surface area contributed by atoms with Gasteiger partial charge >= 0.3 is 0 Å². The van der Waals surface area contributed by atoms with E-state index in [1.807, 2.05) is 48.5 Å². The van der Waals surface area contributed by atoms with Gasteiger partial charge in [-0.3, -0.25) is 9.69 Å². The Balaban J connectivity index is 1.31. The lowest BCUT2D eigenvalue weighted by Gasteiger charge is -2.39. The molecule has 1 aromatic heterocycles. The van der Waals surface area contributed by atoms with Gasteiger partial charge in [0.2, 0.25) is 11.8 Å². The van der Waals surface area contributed by atoms with E-state index in [1.165, 1.54) is 5.56 Å². The van der Waals surface area contributed by atoms with Gasteiger partial charge in [-0.1, -0.05) is 60.7 Å². The van der Waals surface area contributed by atoms with E-state index in [0.29, 0.717) is 18.2 Å². The van der Waals surface area contributed by atoms with Crippen LogP contribution in [0, 0.1) is 0 Å². The number of benzene rings is 2. The predicted octanol–water partition coefficient (Wildman–Crippen LogP) is 3.23. The van der Waals surface area contributed by atoms with E-state index >= 15 is 0 Å². The van der Waals surface area contributed by atoms with E-state index in [-0.39, 0.29) is 11.9 Å². The van der Waals surface area contributed by atoms with Gasteiger partial charge in [-0.15, -0.1) is 0 Å². The Bertz CT molecular complexity index is 861. The molecule has 1 fully saturated rings. The Kier molecular flexibility index (Phi) is 4.80. The van der Waals surface area contributed by atoms with E-state index in [2.05, 4.69) is 27.3 Å². The molecule has 1 amide bonds. The van der Waals surface area contributed by atoms with Crippen LogP contribution in [0.2, 0.25) is 0 Å². The fraction of sp³-hybridized carbons (Fsp3) is 0.238. The van der Waals surface area contributed by atoms with Gasteiger partial charge < -0.3 is 9.73 Å². The van der Waals surface area contributed by atoms with Gasteiger partial charge in [0.05, 0.1) is 18.8 Å². The molecule has 4 rings (SSSR count). The van der Waals surface area contributed by atoms with E-state index < -0.39 is 0 Å². The zero-order chi connectivity index (χ0) is 17.8. The first-order chi connectivity index (χ1) is 12.8. The molecule has 5 heteroatoms. The van der Waals surface area contributed by atoms with Crippen LogP contribution in [0.25, 0.3) is 11.3 Å². The first kappa shape index (κ1) is 16.5. The van der Waals surface area contributed by atoms with Gasteiger partial charge in [-0.2, -0.15) is 0 Å². The number of nitrogens with zero attached hydrogens (tertiary/aromatic N) is 2. The number of aromatic nitrogens is 1. The second kappa shape index (κ2) is 7.54. The zero-order valence-electron chi connectivity index (χ0n) is 14.5. The third kappa shape index (κ3) is 3.68. The maximum Gasteiger partial charge on any atom is 0.237 e. The summed E-state index contributed by atoms with van der Waals surface area (Å²) >= 11 is 0. The average Bonchev–Trinajstić information content (AvgIpc) is 3.14. The van der Waals surface area contributed by atoms with Crippen LogP contribution in [0.5, 0.6) is 0 Å². The summed E-state index contributed by atoms with van der Waals surface area (Å²) in [5.41, 5.74) is 2.20. The molecule has 1 saturated heterocycles. The Hall–Kier alpha value is -2.92. The highest BCUT2D eigenvalue weighted by atomic mass is 16.4. The molecule has 1 aliphatic heterocycles. The number of nitrogens with one attached hydrogen (secondary N) is 1. The molecule has 2 aromatic carbocycles. The summed E-state index contributed by atoms with van der Waals surface area (Å²) in [6, 6.07) is 20.0. The van der Waals surface area contributed by atoms with Crippen molar-refractivity contribution < 1.29 is 9.21 Å².